The lowest BCUT2D eigenvalue weighted by Gasteiger charge is -2.35. The number of benzene rings is 2. The number of hydrogen-bond acceptors (Lipinski definition) is 6. The number of sulfonamides is 1. The highest BCUT2D eigenvalue weighted by Gasteiger charge is 2.34. The van der Waals surface area contributed by atoms with Gasteiger partial charge >= 0.3 is 0 Å². The number of piperazine rings is 1. The largest absolute Gasteiger partial charge is 0.482 e. The molecular weight excluding hydrogens is 458 g/mol. The van der Waals surface area contributed by atoms with Crippen LogP contribution in [0.3, 0.4) is 0 Å². The van der Waals surface area contributed by atoms with Crippen LogP contribution in [0.4, 0.5) is 5.69 Å². The second kappa shape index (κ2) is 8.97. The topological polar surface area (TPSA) is 105 Å². The van der Waals surface area contributed by atoms with Crippen molar-refractivity contribution in [3.63, 3.8) is 0 Å². The van der Waals surface area contributed by atoms with E-state index in [1.54, 1.807) is 24.0 Å². The van der Waals surface area contributed by atoms with Gasteiger partial charge in [-0.15, -0.1) is 0 Å². The lowest BCUT2D eigenvalue weighted by molar-refractivity contribution is -0.139. The monoisotopic (exact) mass is 479 g/mol. The number of anilines is 1. The van der Waals surface area contributed by atoms with Crippen LogP contribution in [0, 0.1) is 0 Å². The van der Waals surface area contributed by atoms with Crippen molar-refractivity contribution in [3.8, 4) is 11.5 Å². The number of para-hydroxylation sites is 1. The van der Waals surface area contributed by atoms with Gasteiger partial charge in [0, 0.05) is 32.2 Å². The molecule has 2 aromatic carbocycles. The highest BCUT2D eigenvalue weighted by Crippen LogP contribution is 2.37. The maximum Gasteiger partial charge on any atom is 0.263 e. The number of halogens is 1. The SMILES string of the molecule is C[C@H](Oc1ccccc1)C(=O)N1CCN(S(=O)(=O)c2cc3c(cc2Cl)NC(=O)CO3)CC1. The van der Waals surface area contributed by atoms with Gasteiger partial charge in [-0.25, -0.2) is 8.42 Å². The molecule has 1 N–H and O–H groups in total. The normalized spacial score (nSPS) is 17.7. The Balaban J connectivity index is 1.42. The maximum absolute atomic E-state index is 13.2. The Labute approximate surface area is 190 Å². The van der Waals surface area contributed by atoms with E-state index in [0.29, 0.717) is 11.4 Å². The van der Waals surface area contributed by atoms with Crippen molar-refractivity contribution in [2.24, 2.45) is 0 Å². The van der Waals surface area contributed by atoms with Crippen LogP contribution in [-0.4, -0.2) is 68.3 Å². The summed E-state index contributed by atoms with van der Waals surface area (Å²) in [4.78, 5) is 25.7. The number of carbonyl (C=O) groups excluding carboxylic acids is 2. The van der Waals surface area contributed by atoms with Gasteiger partial charge in [-0.3, -0.25) is 9.59 Å². The smallest absolute Gasteiger partial charge is 0.263 e. The highest BCUT2D eigenvalue weighted by atomic mass is 35.5. The first-order chi connectivity index (χ1) is 15.3. The van der Waals surface area contributed by atoms with E-state index in [9.17, 15) is 18.0 Å². The molecule has 2 amide bonds. The zero-order valence-electron chi connectivity index (χ0n) is 17.3. The molecule has 0 aliphatic carbocycles. The highest BCUT2D eigenvalue weighted by molar-refractivity contribution is 7.89. The molecule has 1 saturated heterocycles. The number of ether oxygens (including phenoxy) is 2. The summed E-state index contributed by atoms with van der Waals surface area (Å²) in [6.45, 7) is 2.18. The number of nitrogens with one attached hydrogen (secondary N) is 1. The summed E-state index contributed by atoms with van der Waals surface area (Å²) < 4.78 is 38.6. The fourth-order valence-corrected chi connectivity index (χ4v) is 5.52. The van der Waals surface area contributed by atoms with E-state index in [1.165, 1.54) is 16.4 Å². The molecule has 4 rings (SSSR count). The second-order valence-electron chi connectivity index (χ2n) is 7.42. The Morgan fingerprint density at radius 3 is 2.53 bits per heavy atom. The van der Waals surface area contributed by atoms with Gasteiger partial charge in [0.15, 0.2) is 12.7 Å². The van der Waals surface area contributed by atoms with Crippen LogP contribution >= 0.6 is 11.6 Å². The summed E-state index contributed by atoms with van der Waals surface area (Å²) >= 11 is 6.22. The number of hydrogen-bond donors (Lipinski definition) is 1. The Hall–Kier alpha value is -2.82. The van der Waals surface area contributed by atoms with Crippen molar-refractivity contribution < 1.29 is 27.5 Å². The fourth-order valence-electron chi connectivity index (χ4n) is 3.58. The zero-order chi connectivity index (χ0) is 22.9. The summed E-state index contributed by atoms with van der Waals surface area (Å²) in [5.74, 6) is 0.292. The van der Waals surface area contributed by atoms with Gasteiger partial charge < -0.3 is 19.7 Å². The number of nitrogens with zero attached hydrogens (tertiary/aromatic N) is 2. The zero-order valence-corrected chi connectivity index (χ0v) is 18.9. The molecule has 170 valence electrons. The lowest BCUT2D eigenvalue weighted by Crippen LogP contribution is -2.53. The van der Waals surface area contributed by atoms with Crippen LogP contribution in [0.15, 0.2) is 47.4 Å². The predicted octanol–water partition coefficient (Wildman–Crippen LogP) is 1.97. The molecule has 0 bridgehead atoms. The van der Waals surface area contributed by atoms with Gasteiger partial charge in [-0.05, 0) is 25.1 Å². The van der Waals surface area contributed by atoms with E-state index in [4.69, 9.17) is 21.1 Å². The van der Waals surface area contributed by atoms with Gasteiger partial charge in [0.1, 0.15) is 16.4 Å². The van der Waals surface area contributed by atoms with E-state index in [1.807, 2.05) is 18.2 Å². The van der Waals surface area contributed by atoms with Gasteiger partial charge in [0.2, 0.25) is 10.0 Å². The van der Waals surface area contributed by atoms with Crippen molar-refractivity contribution >= 4 is 39.1 Å². The average Bonchev–Trinajstić information content (AvgIpc) is 2.78. The molecule has 1 atom stereocenters. The molecule has 2 heterocycles. The molecule has 0 radical (unpaired) electrons. The molecule has 2 aromatic rings. The predicted molar refractivity (Wildman–Crippen MR) is 117 cm³/mol. The van der Waals surface area contributed by atoms with E-state index in [-0.39, 0.29) is 60.3 Å². The third-order valence-corrected chi connectivity index (χ3v) is 7.60. The summed E-state index contributed by atoms with van der Waals surface area (Å²) in [6.07, 6.45) is -0.692. The Morgan fingerprint density at radius 1 is 1.16 bits per heavy atom. The Kier molecular flexibility index (Phi) is 6.27. The molecule has 1 fully saturated rings. The third-order valence-electron chi connectivity index (χ3n) is 5.24. The van der Waals surface area contributed by atoms with Crippen molar-refractivity contribution in [1.82, 2.24) is 9.21 Å². The molecular formula is C21H22ClN3O6S. The van der Waals surface area contributed by atoms with E-state index in [2.05, 4.69) is 5.32 Å². The van der Waals surface area contributed by atoms with Crippen LogP contribution in [0.1, 0.15) is 6.92 Å². The van der Waals surface area contributed by atoms with Gasteiger partial charge in [-0.1, -0.05) is 29.8 Å². The molecule has 32 heavy (non-hydrogen) atoms. The number of fused-ring (bicyclic) bond motifs is 1. The molecule has 9 nitrogen and oxygen atoms in total. The Morgan fingerprint density at radius 2 is 1.84 bits per heavy atom. The molecule has 0 unspecified atom stereocenters. The maximum atomic E-state index is 13.2. The quantitative estimate of drug-likeness (QED) is 0.703. The van der Waals surface area contributed by atoms with Crippen molar-refractivity contribution in [2.45, 2.75) is 17.9 Å². The molecule has 0 spiro atoms. The van der Waals surface area contributed by atoms with E-state index in [0.717, 1.165) is 0 Å². The number of rotatable bonds is 5. The first-order valence-corrected chi connectivity index (χ1v) is 11.8. The van der Waals surface area contributed by atoms with E-state index < -0.39 is 16.1 Å². The summed E-state index contributed by atoms with van der Waals surface area (Å²) in [5.41, 5.74) is 0.327. The summed E-state index contributed by atoms with van der Waals surface area (Å²) in [6, 6.07) is 11.7. The standard InChI is InChI=1S/C21H22ClN3O6S/c1-14(31-15-5-3-2-4-6-15)21(27)24-7-9-25(10-8-24)32(28,29)19-12-18-17(11-16(19)22)23-20(26)13-30-18/h2-6,11-12,14H,7-10,13H2,1H3,(H,23,26)/t14-/m0/s1. The van der Waals surface area contributed by atoms with Crippen LogP contribution in [-0.2, 0) is 19.6 Å². The van der Waals surface area contributed by atoms with Crippen molar-refractivity contribution in [3.05, 3.63) is 47.5 Å². The first-order valence-electron chi connectivity index (χ1n) is 10.0. The number of amides is 2. The summed E-state index contributed by atoms with van der Waals surface area (Å²) in [5, 5.41) is 2.58. The van der Waals surface area contributed by atoms with Crippen LogP contribution in [0.2, 0.25) is 5.02 Å². The van der Waals surface area contributed by atoms with Gasteiger partial charge in [-0.2, -0.15) is 4.31 Å². The first kappa shape index (κ1) is 22.4. The third kappa shape index (κ3) is 4.52. The van der Waals surface area contributed by atoms with Crippen LogP contribution in [0.5, 0.6) is 11.5 Å². The average molecular weight is 480 g/mol. The molecule has 2 aliphatic rings. The van der Waals surface area contributed by atoms with Crippen LogP contribution in [0.25, 0.3) is 0 Å². The minimum Gasteiger partial charge on any atom is -0.482 e. The Bertz CT molecular complexity index is 1130. The van der Waals surface area contributed by atoms with Crippen LogP contribution < -0.4 is 14.8 Å². The summed E-state index contributed by atoms with van der Waals surface area (Å²) in [7, 11) is -3.92. The second-order valence-corrected chi connectivity index (χ2v) is 9.73. The van der Waals surface area contributed by atoms with Crippen molar-refractivity contribution in [1.29, 1.82) is 0 Å². The van der Waals surface area contributed by atoms with Crippen molar-refractivity contribution in [2.75, 3.05) is 38.1 Å². The minimum atomic E-state index is -3.92. The molecule has 0 aromatic heterocycles. The minimum absolute atomic E-state index is 0.0158. The van der Waals surface area contributed by atoms with E-state index >= 15 is 0 Å². The van der Waals surface area contributed by atoms with Gasteiger partial charge in [0.25, 0.3) is 11.8 Å². The molecule has 11 heteroatoms. The number of carbonyl (C=O) groups is 2. The van der Waals surface area contributed by atoms with Gasteiger partial charge in [0.05, 0.1) is 10.7 Å². The lowest BCUT2D eigenvalue weighted by atomic mass is 10.2. The molecule has 0 saturated carbocycles. The molecule has 2 aliphatic heterocycles. The fraction of sp³-hybridized carbons (Fsp3) is 0.333.